The number of rotatable bonds is 6. The lowest BCUT2D eigenvalue weighted by Gasteiger charge is -2.22. The lowest BCUT2D eigenvalue weighted by Crippen LogP contribution is -2.30. The third-order valence-corrected chi connectivity index (χ3v) is 3.55. The number of nitrogens with zero attached hydrogens (tertiary/aromatic N) is 1. The van der Waals surface area contributed by atoms with E-state index in [1.165, 1.54) is 20.0 Å². The van der Waals surface area contributed by atoms with Crippen LogP contribution < -0.4 is 14.8 Å². The van der Waals surface area contributed by atoms with Crippen molar-refractivity contribution in [3.63, 3.8) is 0 Å². The normalized spacial score (nSPS) is 18.6. The molecule has 110 valence electrons. The molecule has 1 aromatic rings. The summed E-state index contributed by atoms with van der Waals surface area (Å²) in [4.78, 5) is 10.6. The van der Waals surface area contributed by atoms with Crippen molar-refractivity contribution in [3.05, 3.63) is 28.3 Å². The van der Waals surface area contributed by atoms with E-state index in [0.717, 1.165) is 19.5 Å². The van der Waals surface area contributed by atoms with Crippen LogP contribution in [-0.2, 0) is 0 Å². The minimum Gasteiger partial charge on any atom is -0.490 e. The van der Waals surface area contributed by atoms with Gasteiger partial charge in [0.15, 0.2) is 0 Å². The molecule has 0 aliphatic carbocycles. The van der Waals surface area contributed by atoms with Gasteiger partial charge in [-0.2, -0.15) is 0 Å². The summed E-state index contributed by atoms with van der Waals surface area (Å²) in [5.41, 5.74) is -0.100. The summed E-state index contributed by atoms with van der Waals surface area (Å²) in [6, 6.07) is 4.87. The molecule has 0 amide bonds. The molecule has 1 N–H and O–H groups in total. The monoisotopic (exact) mass is 280 g/mol. The predicted octanol–water partition coefficient (Wildman–Crippen LogP) is 2.37. The molecule has 1 fully saturated rings. The summed E-state index contributed by atoms with van der Waals surface area (Å²) in [5, 5.41) is 14.4. The molecule has 1 aliphatic rings. The van der Waals surface area contributed by atoms with Gasteiger partial charge in [-0.25, -0.2) is 0 Å². The first kappa shape index (κ1) is 14.6. The molecular formula is C14H20N2O4. The zero-order valence-electron chi connectivity index (χ0n) is 11.6. The van der Waals surface area contributed by atoms with E-state index >= 15 is 0 Å². The summed E-state index contributed by atoms with van der Waals surface area (Å²) in [5.74, 6) is 1.10. The second-order valence-electron chi connectivity index (χ2n) is 4.91. The number of benzene rings is 1. The topological polar surface area (TPSA) is 73.6 Å². The van der Waals surface area contributed by atoms with E-state index < -0.39 is 4.92 Å². The molecule has 1 atom stereocenters. The van der Waals surface area contributed by atoms with E-state index in [0.29, 0.717) is 12.5 Å². The summed E-state index contributed by atoms with van der Waals surface area (Å²) in [7, 11) is 1.42. The largest absolute Gasteiger partial charge is 0.490 e. The Morgan fingerprint density at radius 2 is 2.25 bits per heavy atom. The van der Waals surface area contributed by atoms with Crippen LogP contribution in [0.25, 0.3) is 0 Å². The maximum Gasteiger partial charge on any atom is 0.352 e. The Morgan fingerprint density at radius 3 is 2.90 bits per heavy atom. The lowest BCUT2D eigenvalue weighted by atomic mass is 9.97. The van der Waals surface area contributed by atoms with Crippen molar-refractivity contribution < 1.29 is 14.4 Å². The zero-order valence-corrected chi connectivity index (χ0v) is 11.6. The second kappa shape index (κ2) is 7.09. The van der Waals surface area contributed by atoms with E-state index in [1.807, 2.05) is 0 Å². The number of nitro benzene ring substituents is 1. The first-order valence-electron chi connectivity index (χ1n) is 6.87. The van der Waals surface area contributed by atoms with Gasteiger partial charge < -0.3 is 14.8 Å². The summed E-state index contributed by atoms with van der Waals surface area (Å²) >= 11 is 0. The molecule has 1 unspecified atom stereocenters. The van der Waals surface area contributed by atoms with Gasteiger partial charge in [-0.15, -0.1) is 0 Å². The number of hydrogen-bond acceptors (Lipinski definition) is 5. The van der Waals surface area contributed by atoms with Crippen molar-refractivity contribution in [1.29, 1.82) is 0 Å². The summed E-state index contributed by atoms with van der Waals surface area (Å²) in [6.45, 7) is 2.57. The molecule has 0 bridgehead atoms. The Morgan fingerprint density at radius 1 is 1.45 bits per heavy atom. The number of methoxy groups -OCH3 is 1. The Labute approximate surface area is 118 Å². The van der Waals surface area contributed by atoms with E-state index in [1.54, 1.807) is 18.2 Å². The van der Waals surface area contributed by atoms with Crippen molar-refractivity contribution >= 4 is 5.69 Å². The van der Waals surface area contributed by atoms with E-state index in [4.69, 9.17) is 9.47 Å². The highest BCUT2D eigenvalue weighted by molar-refractivity contribution is 5.57. The van der Waals surface area contributed by atoms with Crippen LogP contribution in [0.5, 0.6) is 11.5 Å². The molecule has 1 heterocycles. The smallest absolute Gasteiger partial charge is 0.352 e. The first-order valence-corrected chi connectivity index (χ1v) is 6.87. The molecule has 2 rings (SSSR count). The van der Waals surface area contributed by atoms with Crippen LogP contribution in [0.2, 0.25) is 0 Å². The maximum atomic E-state index is 11.1. The number of nitrogens with one attached hydrogen (secondary N) is 1. The fourth-order valence-electron chi connectivity index (χ4n) is 2.47. The molecule has 1 aliphatic heterocycles. The molecule has 0 aromatic heterocycles. The van der Waals surface area contributed by atoms with Crippen LogP contribution in [0.1, 0.15) is 19.3 Å². The van der Waals surface area contributed by atoms with Gasteiger partial charge in [0.1, 0.15) is 0 Å². The van der Waals surface area contributed by atoms with E-state index in [2.05, 4.69) is 5.32 Å². The van der Waals surface area contributed by atoms with E-state index in [9.17, 15) is 10.1 Å². The molecule has 20 heavy (non-hydrogen) atoms. The standard InChI is InChI=1S/C14H20N2O4/c1-19-12-5-2-6-13(14(12)16(17)18)20-9-7-11-4-3-8-15-10-11/h2,5-6,11,15H,3-4,7-10H2,1H3. The van der Waals surface area contributed by atoms with Gasteiger partial charge in [0.05, 0.1) is 18.6 Å². The Hall–Kier alpha value is -1.82. The number of hydrogen-bond donors (Lipinski definition) is 1. The fourth-order valence-corrected chi connectivity index (χ4v) is 2.47. The van der Waals surface area contributed by atoms with Gasteiger partial charge in [-0.05, 0) is 50.4 Å². The molecule has 0 saturated carbocycles. The van der Waals surface area contributed by atoms with Crippen molar-refractivity contribution in [2.45, 2.75) is 19.3 Å². The highest BCUT2D eigenvalue weighted by atomic mass is 16.6. The fraction of sp³-hybridized carbons (Fsp3) is 0.571. The highest BCUT2D eigenvalue weighted by Crippen LogP contribution is 2.36. The van der Waals surface area contributed by atoms with Crippen molar-refractivity contribution in [3.8, 4) is 11.5 Å². The Bertz CT molecular complexity index is 458. The number of piperidine rings is 1. The highest BCUT2D eigenvalue weighted by Gasteiger charge is 2.22. The number of para-hydroxylation sites is 1. The summed E-state index contributed by atoms with van der Waals surface area (Å²) < 4.78 is 10.6. The minimum absolute atomic E-state index is 0.100. The number of nitro groups is 1. The SMILES string of the molecule is COc1cccc(OCCC2CCCNC2)c1[N+](=O)[O-]. The molecule has 0 spiro atoms. The Balaban J connectivity index is 1.96. The lowest BCUT2D eigenvalue weighted by molar-refractivity contribution is -0.386. The number of ether oxygens (including phenoxy) is 2. The van der Waals surface area contributed by atoms with Gasteiger partial charge in [-0.1, -0.05) is 6.07 Å². The zero-order chi connectivity index (χ0) is 14.4. The van der Waals surface area contributed by atoms with E-state index in [-0.39, 0.29) is 17.2 Å². The van der Waals surface area contributed by atoms with Gasteiger partial charge in [0.25, 0.3) is 0 Å². The molecule has 6 heteroatoms. The molecule has 1 aromatic carbocycles. The van der Waals surface area contributed by atoms with Gasteiger partial charge >= 0.3 is 5.69 Å². The second-order valence-corrected chi connectivity index (χ2v) is 4.91. The third kappa shape index (κ3) is 3.60. The average molecular weight is 280 g/mol. The molecular weight excluding hydrogens is 260 g/mol. The van der Waals surface area contributed by atoms with Crippen molar-refractivity contribution in [2.24, 2.45) is 5.92 Å². The first-order chi connectivity index (χ1) is 9.72. The van der Waals surface area contributed by atoms with Crippen molar-refractivity contribution in [1.82, 2.24) is 5.32 Å². The van der Waals surface area contributed by atoms with Crippen LogP contribution in [0.4, 0.5) is 5.69 Å². The van der Waals surface area contributed by atoms with Crippen molar-refractivity contribution in [2.75, 3.05) is 26.8 Å². The molecule has 0 radical (unpaired) electrons. The maximum absolute atomic E-state index is 11.1. The van der Waals surface area contributed by atoms with Crippen LogP contribution in [0.3, 0.4) is 0 Å². The average Bonchev–Trinajstić information content (AvgIpc) is 2.47. The van der Waals surface area contributed by atoms with Crippen LogP contribution in [0, 0.1) is 16.0 Å². The van der Waals surface area contributed by atoms with Crippen LogP contribution in [-0.4, -0.2) is 31.7 Å². The minimum atomic E-state index is -0.462. The quantitative estimate of drug-likeness (QED) is 0.639. The van der Waals surface area contributed by atoms with Crippen LogP contribution >= 0.6 is 0 Å². The summed E-state index contributed by atoms with van der Waals surface area (Å²) in [6.07, 6.45) is 3.28. The van der Waals surface area contributed by atoms with Gasteiger partial charge in [0, 0.05) is 0 Å². The van der Waals surface area contributed by atoms with Gasteiger partial charge in [-0.3, -0.25) is 10.1 Å². The third-order valence-electron chi connectivity index (χ3n) is 3.55. The van der Waals surface area contributed by atoms with Gasteiger partial charge in [0.2, 0.25) is 11.5 Å². The molecule has 6 nitrogen and oxygen atoms in total. The predicted molar refractivity (Wildman–Crippen MR) is 75.4 cm³/mol. The Kier molecular flexibility index (Phi) is 5.17. The van der Waals surface area contributed by atoms with Crippen LogP contribution in [0.15, 0.2) is 18.2 Å². The molecule has 1 saturated heterocycles.